The molecule has 3 aliphatic heterocycles. The van der Waals surface area contributed by atoms with Crippen LogP contribution in [-0.2, 0) is 4.74 Å². The van der Waals surface area contributed by atoms with Crippen LogP contribution in [0.5, 0.6) is 6.01 Å². The van der Waals surface area contributed by atoms with E-state index in [0.29, 0.717) is 58.9 Å². The number of likely N-dealkylation sites (tertiary alicyclic amines) is 1. The smallest absolute Gasteiger partial charge is 0.410 e. The van der Waals surface area contributed by atoms with Crippen LogP contribution in [-0.4, -0.2) is 113 Å². The molecule has 3 fully saturated rings. The van der Waals surface area contributed by atoms with Crippen LogP contribution in [0.2, 0.25) is 16.6 Å². The number of aliphatic hydroxyl groups is 1. The van der Waals surface area contributed by atoms with Gasteiger partial charge in [0.25, 0.3) is 0 Å². The summed E-state index contributed by atoms with van der Waals surface area (Å²) < 4.78 is 60.7. The molecule has 5 heterocycles. The normalized spacial score (nSPS) is 22.5. The highest BCUT2D eigenvalue weighted by atomic mass is 28.3. The predicted octanol–water partition coefficient (Wildman–Crippen LogP) is 9.84. The molecule has 10 nitrogen and oxygen atoms in total. The summed E-state index contributed by atoms with van der Waals surface area (Å²) in [6.07, 6.45) is 1.49. The highest BCUT2D eigenvalue weighted by molar-refractivity contribution is 6.90. The van der Waals surface area contributed by atoms with Gasteiger partial charge in [-0.1, -0.05) is 71.7 Å². The number of anilines is 1. The fourth-order valence-electron chi connectivity index (χ4n) is 11.0. The van der Waals surface area contributed by atoms with E-state index in [9.17, 15) is 14.3 Å². The Morgan fingerprint density at radius 2 is 1.76 bits per heavy atom. The quantitative estimate of drug-likeness (QED) is 0.123. The number of pyridine rings is 1. The second-order valence-electron chi connectivity index (χ2n) is 19.7. The molecule has 3 saturated heterocycles. The van der Waals surface area contributed by atoms with Gasteiger partial charge in [-0.15, -0.1) is 5.54 Å². The summed E-state index contributed by atoms with van der Waals surface area (Å²) in [6, 6.07) is 7.21. The maximum Gasteiger partial charge on any atom is 0.410 e. The number of nitrogens with zero attached hydrogens (tertiary/aromatic N) is 6. The van der Waals surface area contributed by atoms with E-state index in [0.717, 1.165) is 19.4 Å². The van der Waals surface area contributed by atoms with E-state index in [1.807, 2.05) is 11.0 Å². The summed E-state index contributed by atoms with van der Waals surface area (Å²) in [5, 5.41) is 12.6. The Morgan fingerprint density at radius 1 is 1.05 bits per heavy atom. The average molecular weight is 873 g/mol. The largest absolute Gasteiger partial charge is 0.461 e. The monoisotopic (exact) mass is 872 g/mol. The lowest BCUT2D eigenvalue weighted by Gasteiger charge is -2.38. The Labute approximate surface area is 365 Å². The highest BCUT2D eigenvalue weighted by Crippen LogP contribution is 2.43. The van der Waals surface area contributed by atoms with Gasteiger partial charge in [0.2, 0.25) is 0 Å². The second-order valence-corrected chi connectivity index (χ2v) is 25.3. The molecule has 0 unspecified atom stereocenters. The van der Waals surface area contributed by atoms with Crippen LogP contribution in [0.1, 0.15) is 100 Å². The maximum atomic E-state index is 17.6. The molecular formula is C48H63F3N6O4Si. The van der Waals surface area contributed by atoms with Gasteiger partial charge in [0.15, 0.2) is 5.82 Å². The van der Waals surface area contributed by atoms with Crippen LogP contribution in [0, 0.1) is 23.1 Å². The molecule has 2 aromatic heterocycles. The van der Waals surface area contributed by atoms with Crippen LogP contribution in [0.3, 0.4) is 0 Å². The number of fused-ring (bicyclic) bond motifs is 3. The van der Waals surface area contributed by atoms with Crippen LogP contribution >= 0.6 is 0 Å². The third kappa shape index (κ3) is 8.25. The third-order valence-electron chi connectivity index (χ3n) is 13.8. The van der Waals surface area contributed by atoms with Crippen molar-refractivity contribution in [2.24, 2.45) is 0 Å². The fourth-order valence-corrected chi connectivity index (χ4v) is 16.2. The molecule has 1 amide bonds. The van der Waals surface area contributed by atoms with Crippen molar-refractivity contribution in [2.75, 3.05) is 38.2 Å². The van der Waals surface area contributed by atoms with Crippen molar-refractivity contribution in [1.82, 2.24) is 24.8 Å². The number of aliphatic hydroxyl groups excluding tert-OH is 1. The van der Waals surface area contributed by atoms with Gasteiger partial charge in [0.1, 0.15) is 49.3 Å². The van der Waals surface area contributed by atoms with Gasteiger partial charge >= 0.3 is 12.1 Å². The van der Waals surface area contributed by atoms with Crippen molar-refractivity contribution in [2.45, 2.75) is 147 Å². The van der Waals surface area contributed by atoms with Crippen molar-refractivity contribution in [3.8, 4) is 28.7 Å². The van der Waals surface area contributed by atoms with Crippen LogP contribution in [0.15, 0.2) is 36.5 Å². The summed E-state index contributed by atoms with van der Waals surface area (Å²) in [4.78, 5) is 33.2. The number of rotatable bonds is 10. The molecule has 3 aliphatic rings. The summed E-state index contributed by atoms with van der Waals surface area (Å²) in [5.41, 5.74) is 3.81. The Bertz CT molecular complexity index is 2370. The molecule has 0 radical (unpaired) electrons. The molecule has 0 spiro atoms. The van der Waals surface area contributed by atoms with E-state index in [4.69, 9.17) is 19.4 Å². The van der Waals surface area contributed by atoms with Crippen molar-refractivity contribution >= 4 is 41.7 Å². The van der Waals surface area contributed by atoms with Gasteiger partial charge in [-0.3, -0.25) is 9.88 Å². The number of carbonyl (C=O) groups excluding carboxylic acids is 1. The molecule has 5 atom stereocenters. The zero-order valence-corrected chi connectivity index (χ0v) is 39.2. The predicted molar refractivity (Wildman–Crippen MR) is 242 cm³/mol. The Hall–Kier alpha value is -4.45. The summed E-state index contributed by atoms with van der Waals surface area (Å²) in [6.45, 7) is 21.7. The molecule has 62 heavy (non-hydrogen) atoms. The minimum absolute atomic E-state index is 0.0365. The van der Waals surface area contributed by atoms with Crippen molar-refractivity contribution in [3.05, 3.63) is 53.7 Å². The van der Waals surface area contributed by atoms with Gasteiger partial charge in [0.05, 0.1) is 34.7 Å². The number of hydrogen-bond donors (Lipinski definition) is 1. The molecular weight excluding hydrogens is 810 g/mol. The first-order chi connectivity index (χ1) is 29.2. The lowest BCUT2D eigenvalue weighted by molar-refractivity contribution is 0.00622. The molecule has 1 N–H and O–H groups in total. The van der Waals surface area contributed by atoms with Crippen LogP contribution in [0.25, 0.3) is 32.9 Å². The fraction of sp³-hybridized carbons (Fsp3) is 0.583. The summed E-state index contributed by atoms with van der Waals surface area (Å²) in [5.74, 6) is 2.36. The van der Waals surface area contributed by atoms with Gasteiger partial charge in [-0.25, -0.2) is 18.0 Å². The van der Waals surface area contributed by atoms with Gasteiger partial charge < -0.3 is 24.4 Å². The Balaban J connectivity index is 1.38. The zero-order chi connectivity index (χ0) is 45.1. The van der Waals surface area contributed by atoms with E-state index in [1.54, 1.807) is 52.9 Å². The van der Waals surface area contributed by atoms with E-state index < -0.39 is 61.3 Å². The average Bonchev–Trinajstić information content (AvgIpc) is 3.89. The minimum atomic E-state index is -2.28. The Kier molecular flexibility index (Phi) is 12.7. The van der Waals surface area contributed by atoms with Gasteiger partial charge in [-0.05, 0) is 81.6 Å². The van der Waals surface area contributed by atoms with Crippen molar-refractivity contribution in [3.63, 3.8) is 0 Å². The van der Waals surface area contributed by atoms with Gasteiger partial charge in [-0.2, -0.15) is 9.97 Å². The first kappa shape index (κ1) is 45.6. The number of halogens is 3. The molecule has 14 heteroatoms. The number of carbonyl (C=O) groups is 1. The minimum Gasteiger partial charge on any atom is -0.461 e. The molecule has 0 bridgehead atoms. The Morgan fingerprint density at radius 3 is 2.42 bits per heavy atom. The molecule has 334 valence electrons. The van der Waals surface area contributed by atoms with Crippen LogP contribution in [0.4, 0.5) is 23.8 Å². The van der Waals surface area contributed by atoms with Crippen LogP contribution < -0.4 is 9.64 Å². The first-order valence-electron chi connectivity index (χ1n) is 22.2. The molecule has 0 aliphatic carbocycles. The van der Waals surface area contributed by atoms with Gasteiger partial charge in [0, 0.05) is 43.7 Å². The standard InChI is InChI=1S/C48H63F3N6O4Si/c1-28(2)62(29(3)4,30(5)6)23-19-34-37(50)17-16-32-14-12-15-35(39(32)34)41-40(51)42-36(25-52-41)44(54-45(53-42)60-27-48-20-13-21-56(48)26-33(49)24-48)55(11)38-18-22-57(43(38)31(7)58)46(59)61-47(8,9)10/h12,14-17,25,28-31,33,38,43,58H,13,18,20-22,24,26-27H2,1-11H3/t31-,33-,38-,43-,48+/m1/s1. The number of ether oxygens (including phenoxy) is 2. The third-order valence-corrected chi connectivity index (χ3v) is 20.1. The molecule has 2 aromatic carbocycles. The molecule has 0 saturated carbocycles. The number of amides is 1. The number of likely N-dealkylation sites (N-methyl/N-ethyl adjacent to an activating group) is 1. The number of aromatic nitrogens is 3. The summed E-state index contributed by atoms with van der Waals surface area (Å²) >= 11 is 0. The van der Waals surface area contributed by atoms with E-state index in [-0.39, 0.29) is 40.6 Å². The second kappa shape index (κ2) is 17.3. The van der Waals surface area contributed by atoms with Crippen molar-refractivity contribution < 1.29 is 32.5 Å². The number of hydrogen-bond acceptors (Lipinski definition) is 9. The molecule has 7 rings (SSSR count). The lowest BCUT2D eigenvalue weighted by atomic mass is 9.95. The SMILES string of the molecule is CC(C)[Si](C#Cc1c(F)ccc2cccc(-c3ncc4c(N(C)[C@@H]5CCN(C(=O)OC(C)(C)C)[C@@H]5[C@@H](C)O)nc(OC[C@@]56CCCN5C[C@H](F)C6)nc4c3F)c12)(C(C)C)C(C)C. The first-order valence-corrected chi connectivity index (χ1v) is 24.5. The topological polar surface area (TPSA) is 104 Å². The maximum absolute atomic E-state index is 17.6. The van der Waals surface area contributed by atoms with E-state index in [2.05, 4.69) is 62.9 Å². The number of benzene rings is 2. The van der Waals surface area contributed by atoms with E-state index in [1.165, 1.54) is 17.2 Å². The highest BCUT2D eigenvalue weighted by Gasteiger charge is 2.50. The van der Waals surface area contributed by atoms with Crippen molar-refractivity contribution in [1.29, 1.82) is 0 Å². The number of alkyl halides is 1. The zero-order valence-electron chi connectivity index (χ0n) is 38.2. The molecule has 4 aromatic rings. The lowest BCUT2D eigenvalue weighted by Crippen LogP contribution is -2.52. The van der Waals surface area contributed by atoms with E-state index >= 15 is 8.78 Å². The summed E-state index contributed by atoms with van der Waals surface area (Å²) in [7, 11) is -0.501.